The summed E-state index contributed by atoms with van der Waals surface area (Å²) in [4.78, 5) is 18.0. The van der Waals surface area contributed by atoms with Gasteiger partial charge in [-0.2, -0.15) is 0 Å². The second-order valence-corrected chi connectivity index (χ2v) is 9.40. The largest absolute Gasteiger partial charge is 0.325 e. The Balaban J connectivity index is 2.30. The van der Waals surface area contributed by atoms with Gasteiger partial charge in [-0.3, -0.25) is 4.57 Å². The first-order valence-corrected chi connectivity index (χ1v) is 11.4. The highest BCUT2D eigenvalue weighted by Gasteiger charge is 2.23. The highest BCUT2D eigenvalue weighted by molar-refractivity contribution is 7.51. The van der Waals surface area contributed by atoms with Crippen molar-refractivity contribution in [2.75, 3.05) is 6.16 Å². The molecule has 0 aliphatic carbocycles. The van der Waals surface area contributed by atoms with Crippen LogP contribution in [0.5, 0.6) is 0 Å². The van der Waals surface area contributed by atoms with Gasteiger partial charge in [-0.05, 0) is 50.2 Å². The maximum Gasteiger partial charge on any atom is 0.325 e. The van der Waals surface area contributed by atoms with Crippen molar-refractivity contribution in [1.29, 1.82) is 0 Å². The number of benzene rings is 1. The molecule has 1 aromatic rings. The Kier molecular flexibility index (Phi) is 9.96. The first kappa shape index (κ1) is 22.4. The second-order valence-electron chi connectivity index (χ2n) is 7.63. The quantitative estimate of drug-likeness (QED) is 0.344. The lowest BCUT2D eigenvalue weighted by Gasteiger charge is -2.24. The smallest absolute Gasteiger partial charge is 0.325 e. The van der Waals surface area contributed by atoms with E-state index >= 15 is 0 Å². The summed E-state index contributed by atoms with van der Waals surface area (Å²) in [7, 11) is -3.96. The Labute approximate surface area is 153 Å². The third-order valence-corrected chi connectivity index (χ3v) is 5.61. The van der Waals surface area contributed by atoms with E-state index in [1.165, 1.54) is 49.7 Å². The van der Waals surface area contributed by atoms with Crippen LogP contribution in [0.2, 0.25) is 0 Å². The van der Waals surface area contributed by atoms with Crippen molar-refractivity contribution < 1.29 is 14.4 Å². The van der Waals surface area contributed by atoms with Crippen molar-refractivity contribution in [3.63, 3.8) is 0 Å². The van der Waals surface area contributed by atoms with Crippen molar-refractivity contribution in [3.05, 3.63) is 35.4 Å². The summed E-state index contributed by atoms with van der Waals surface area (Å²) in [6.45, 7) is 4.11. The topological polar surface area (TPSA) is 83.6 Å². The van der Waals surface area contributed by atoms with Crippen molar-refractivity contribution in [3.8, 4) is 0 Å². The van der Waals surface area contributed by atoms with Crippen LogP contribution in [0.1, 0.15) is 76.3 Å². The van der Waals surface area contributed by atoms with E-state index in [1.807, 2.05) is 6.92 Å². The van der Waals surface area contributed by atoms with Crippen LogP contribution in [0.4, 0.5) is 0 Å². The Morgan fingerprint density at radius 2 is 1.44 bits per heavy atom. The SMILES string of the molecule is CCCCCCCCc1ccc(CCC(C)(N)CCP(=O)(O)O)cc1. The maximum atomic E-state index is 11.0. The van der Waals surface area contributed by atoms with Gasteiger partial charge in [0.25, 0.3) is 0 Å². The molecule has 1 rings (SSSR count). The zero-order valence-corrected chi connectivity index (χ0v) is 16.8. The molecule has 4 nitrogen and oxygen atoms in total. The molecule has 0 spiro atoms. The minimum atomic E-state index is -3.96. The van der Waals surface area contributed by atoms with Gasteiger partial charge in [-0.25, -0.2) is 0 Å². The predicted molar refractivity (Wildman–Crippen MR) is 106 cm³/mol. The van der Waals surface area contributed by atoms with E-state index in [2.05, 4.69) is 31.2 Å². The van der Waals surface area contributed by atoms with Crippen LogP contribution in [0, 0.1) is 0 Å². The lowest BCUT2D eigenvalue weighted by molar-refractivity contribution is 0.353. The fourth-order valence-corrected chi connectivity index (χ4v) is 3.74. The molecule has 4 N–H and O–H groups in total. The summed E-state index contributed by atoms with van der Waals surface area (Å²) in [6, 6.07) is 8.71. The van der Waals surface area contributed by atoms with Gasteiger partial charge in [0.1, 0.15) is 0 Å². The first-order valence-electron chi connectivity index (χ1n) is 9.63. The molecule has 0 heterocycles. The van der Waals surface area contributed by atoms with Gasteiger partial charge in [0.15, 0.2) is 0 Å². The van der Waals surface area contributed by atoms with Gasteiger partial charge >= 0.3 is 7.60 Å². The van der Waals surface area contributed by atoms with E-state index < -0.39 is 13.1 Å². The summed E-state index contributed by atoms with van der Waals surface area (Å²) in [6.07, 6.45) is 10.8. The molecule has 0 amide bonds. The van der Waals surface area contributed by atoms with Gasteiger partial charge in [0.2, 0.25) is 0 Å². The lowest BCUT2D eigenvalue weighted by atomic mass is 9.91. The molecule has 0 saturated heterocycles. The van der Waals surface area contributed by atoms with E-state index in [-0.39, 0.29) is 6.16 Å². The summed E-state index contributed by atoms with van der Waals surface area (Å²) in [5.41, 5.74) is 8.25. The van der Waals surface area contributed by atoms with Crippen LogP contribution in [0.25, 0.3) is 0 Å². The predicted octanol–water partition coefficient (Wildman–Crippen LogP) is 4.81. The molecule has 25 heavy (non-hydrogen) atoms. The Hall–Kier alpha value is -0.670. The number of unbranched alkanes of at least 4 members (excludes halogenated alkanes) is 5. The van der Waals surface area contributed by atoms with E-state index in [4.69, 9.17) is 15.5 Å². The number of aryl methyl sites for hydroxylation is 2. The maximum absolute atomic E-state index is 11.0. The van der Waals surface area contributed by atoms with E-state index in [9.17, 15) is 4.57 Å². The van der Waals surface area contributed by atoms with Crippen molar-refractivity contribution >= 4 is 7.60 Å². The van der Waals surface area contributed by atoms with Crippen LogP contribution in [-0.4, -0.2) is 21.5 Å². The van der Waals surface area contributed by atoms with Crippen LogP contribution in [-0.2, 0) is 17.4 Å². The summed E-state index contributed by atoms with van der Waals surface area (Å²) >= 11 is 0. The molecule has 0 radical (unpaired) electrons. The van der Waals surface area contributed by atoms with Crippen molar-refractivity contribution in [2.24, 2.45) is 5.73 Å². The number of nitrogens with two attached hydrogens (primary N) is 1. The molecular weight excluding hydrogens is 333 g/mol. The zero-order chi connectivity index (χ0) is 18.8. The zero-order valence-electron chi connectivity index (χ0n) is 15.9. The monoisotopic (exact) mass is 369 g/mol. The van der Waals surface area contributed by atoms with Crippen LogP contribution >= 0.6 is 7.60 Å². The highest BCUT2D eigenvalue weighted by Crippen LogP contribution is 2.37. The summed E-state index contributed by atoms with van der Waals surface area (Å²) < 4.78 is 11.0. The Morgan fingerprint density at radius 1 is 0.920 bits per heavy atom. The molecule has 0 aromatic heterocycles. The molecule has 0 saturated carbocycles. The molecule has 0 aliphatic heterocycles. The summed E-state index contributed by atoms with van der Waals surface area (Å²) in [5.74, 6) is 0. The number of hydrogen-bond donors (Lipinski definition) is 3. The van der Waals surface area contributed by atoms with E-state index in [1.54, 1.807) is 0 Å². The average Bonchev–Trinajstić information content (AvgIpc) is 2.55. The van der Waals surface area contributed by atoms with E-state index in [0.717, 1.165) is 19.3 Å². The fourth-order valence-electron chi connectivity index (χ4n) is 2.94. The normalized spacial score (nSPS) is 14.4. The van der Waals surface area contributed by atoms with Gasteiger partial charge in [-0.15, -0.1) is 0 Å². The molecule has 1 atom stereocenters. The molecule has 0 aliphatic rings. The third-order valence-electron chi connectivity index (χ3n) is 4.80. The highest BCUT2D eigenvalue weighted by atomic mass is 31.2. The Bertz CT molecular complexity index is 522. The lowest BCUT2D eigenvalue weighted by Crippen LogP contribution is -2.37. The molecule has 0 fully saturated rings. The number of rotatable bonds is 13. The van der Waals surface area contributed by atoms with E-state index in [0.29, 0.717) is 6.42 Å². The number of hydrogen-bond acceptors (Lipinski definition) is 2. The van der Waals surface area contributed by atoms with Crippen LogP contribution in [0.3, 0.4) is 0 Å². The standard InChI is InChI=1S/C20H36NO3P/c1-3-4-5-6-7-8-9-18-10-12-19(13-11-18)14-15-20(2,21)16-17-25(22,23)24/h10-13H,3-9,14-17,21H2,1-2H3,(H2,22,23,24). The average molecular weight is 369 g/mol. The van der Waals surface area contributed by atoms with Gasteiger partial charge in [0.05, 0.1) is 6.16 Å². The molecule has 5 heteroatoms. The second kappa shape index (κ2) is 11.1. The fraction of sp³-hybridized carbons (Fsp3) is 0.700. The minimum Gasteiger partial charge on any atom is -0.325 e. The van der Waals surface area contributed by atoms with Crippen LogP contribution in [0.15, 0.2) is 24.3 Å². The molecular formula is C20H36NO3P. The van der Waals surface area contributed by atoms with Crippen molar-refractivity contribution in [1.82, 2.24) is 0 Å². The van der Waals surface area contributed by atoms with Gasteiger partial charge in [-0.1, -0.05) is 63.3 Å². The van der Waals surface area contributed by atoms with Gasteiger partial charge in [0, 0.05) is 5.54 Å². The first-order chi connectivity index (χ1) is 11.7. The third kappa shape index (κ3) is 11.5. The molecule has 1 aromatic carbocycles. The van der Waals surface area contributed by atoms with Gasteiger partial charge < -0.3 is 15.5 Å². The minimum absolute atomic E-state index is 0.142. The summed E-state index contributed by atoms with van der Waals surface area (Å²) in [5, 5.41) is 0. The van der Waals surface area contributed by atoms with Crippen LogP contribution < -0.4 is 5.73 Å². The van der Waals surface area contributed by atoms with Crippen molar-refractivity contribution in [2.45, 2.75) is 83.6 Å². The molecule has 1 unspecified atom stereocenters. The Morgan fingerprint density at radius 3 is 2.00 bits per heavy atom. The molecule has 0 bridgehead atoms. The molecule has 144 valence electrons.